The molecular formula is C17H21NS. The molecular weight excluding hydrogens is 250 g/mol. The predicted octanol–water partition coefficient (Wildman–Crippen LogP) is 5.49. The Bertz CT molecular complexity index is 511. The molecule has 100 valence electrons. The van der Waals surface area contributed by atoms with Crippen LogP contribution >= 0.6 is 11.3 Å². The normalized spacial score (nSPS) is 18.4. The van der Waals surface area contributed by atoms with Crippen LogP contribution in [0.15, 0.2) is 35.7 Å². The maximum Gasteiger partial charge on any atom is 0.0963 e. The zero-order valence-corrected chi connectivity index (χ0v) is 12.3. The van der Waals surface area contributed by atoms with E-state index in [9.17, 15) is 0 Å². The van der Waals surface area contributed by atoms with E-state index in [-0.39, 0.29) is 0 Å². The SMILES string of the molecule is C[C@H](c1nc(-c2ccccc2)cs1)C1CCCCC1. The third kappa shape index (κ3) is 2.89. The third-order valence-corrected chi connectivity index (χ3v) is 5.38. The molecule has 0 unspecified atom stereocenters. The molecule has 0 aliphatic heterocycles. The first-order valence-electron chi connectivity index (χ1n) is 7.35. The van der Waals surface area contributed by atoms with Crippen molar-refractivity contribution in [2.75, 3.05) is 0 Å². The second-order valence-electron chi connectivity index (χ2n) is 5.62. The van der Waals surface area contributed by atoms with Gasteiger partial charge in [-0.2, -0.15) is 0 Å². The Kier molecular flexibility index (Phi) is 3.97. The topological polar surface area (TPSA) is 12.9 Å². The minimum Gasteiger partial charge on any atom is -0.241 e. The van der Waals surface area contributed by atoms with Crippen LogP contribution in [-0.4, -0.2) is 4.98 Å². The first kappa shape index (κ1) is 12.9. The molecule has 0 amide bonds. The van der Waals surface area contributed by atoms with Crippen LogP contribution in [0, 0.1) is 5.92 Å². The van der Waals surface area contributed by atoms with E-state index in [4.69, 9.17) is 4.98 Å². The molecule has 1 aromatic carbocycles. The van der Waals surface area contributed by atoms with Gasteiger partial charge in [0, 0.05) is 16.9 Å². The molecule has 1 nitrogen and oxygen atoms in total. The molecule has 1 aromatic heterocycles. The van der Waals surface area contributed by atoms with Gasteiger partial charge in [-0.15, -0.1) is 11.3 Å². The third-order valence-electron chi connectivity index (χ3n) is 4.34. The van der Waals surface area contributed by atoms with Crippen LogP contribution < -0.4 is 0 Å². The van der Waals surface area contributed by atoms with E-state index >= 15 is 0 Å². The molecule has 1 atom stereocenters. The molecule has 0 bridgehead atoms. The standard InChI is InChI=1S/C17H21NS/c1-13(14-8-4-2-5-9-14)17-18-16(12-19-17)15-10-6-3-7-11-15/h3,6-7,10-14H,2,4-5,8-9H2,1H3/t13-/m0/s1. The fourth-order valence-corrected chi connectivity index (χ4v) is 4.05. The van der Waals surface area contributed by atoms with Crippen molar-refractivity contribution in [3.63, 3.8) is 0 Å². The van der Waals surface area contributed by atoms with Crippen molar-refractivity contribution < 1.29 is 0 Å². The molecule has 19 heavy (non-hydrogen) atoms. The summed E-state index contributed by atoms with van der Waals surface area (Å²) in [4.78, 5) is 4.87. The van der Waals surface area contributed by atoms with Crippen molar-refractivity contribution in [3.8, 4) is 11.3 Å². The van der Waals surface area contributed by atoms with Crippen LogP contribution in [0.25, 0.3) is 11.3 Å². The number of thiazole rings is 1. The quantitative estimate of drug-likeness (QED) is 0.719. The van der Waals surface area contributed by atoms with E-state index in [0.29, 0.717) is 5.92 Å². The van der Waals surface area contributed by atoms with Gasteiger partial charge in [0.1, 0.15) is 0 Å². The van der Waals surface area contributed by atoms with Crippen molar-refractivity contribution in [2.24, 2.45) is 5.92 Å². The Labute approximate surface area is 119 Å². The highest BCUT2D eigenvalue weighted by molar-refractivity contribution is 7.10. The summed E-state index contributed by atoms with van der Waals surface area (Å²) < 4.78 is 0. The highest BCUT2D eigenvalue weighted by atomic mass is 32.1. The lowest BCUT2D eigenvalue weighted by Gasteiger charge is -2.26. The van der Waals surface area contributed by atoms with Gasteiger partial charge in [-0.25, -0.2) is 4.98 Å². The fourth-order valence-electron chi connectivity index (χ4n) is 3.07. The largest absolute Gasteiger partial charge is 0.241 e. The van der Waals surface area contributed by atoms with E-state index < -0.39 is 0 Å². The van der Waals surface area contributed by atoms with Crippen molar-refractivity contribution >= 4 is 11.3 Å². The molecule has 0 N–H and O–H groups in total. The van der Waals surface area contributed by atoms with E-state index in [0.717, 1.165) is 11.6 Å². The lowest BCUT2D eigenvalue weighted by atomic mass is 9.81. The molecule has 1 saturated carbocycles. The second-order valence-corrected chi connectivity index (χ2v) is 6.51. The Hall–Kier alpha value is -1.15. The van der Waals surface area contributed by atoms with Crippen LogP contribution in [0.3, 0.4) is 0 Å². The number of aromatic nitrogens is 1. The fraction of sp³-hybridized carbons (Fsp3) is 0.471. The maximum atomic E-state index is 4.87. The van der Waals surface area contributed by atoms with Crippen LogP contribution in [0.5, 0.6) is 0 Å². The van der Waals surface area contributed by atoms with Gasteiger partial charge in [-0.3, -0.25) is 0 Å². The van der Waals surface area contributed by atoms with Crippen molar-refractivity contribution in [1.82, 2.24) is 4.98 Å². The summed E-state index contributed by atoms with van der Waals surface area (Å²) in [5.74, 6) is 1.48. The van der Waals surface area contributed by atoms with Gasteiger partial charge in [-0.1, -0.05) is 56.5 Å². The number of benzene rings is 1. The van der Waals surface area contributed by atoms with Gasteiger partial charge >= 0.3 is 0 Å². The molecule has 0 spiro atoms. The van der Waals surface area contributed by atoms with E-state index in [1.54, 1.807) is 0 Å². The number of nitrogens with zero attached hydrogens (tertiary/aromatic N) is 1. The zero-order chi connectivity index (χ0) is 13.1. The zero-order valence-electron chi connectivity index (χ0n) is 11.5. The molecule has 0 saturated heterocycles. The van der Waals surface area contributed by atoms with Crippen LogP contribution in [0.1, 0.15) is 50.0 Å². The average molecular weight is 271 g/mol. The minimum atomic E-state index is 0.628. The molecule has 1 heterocycles. The molecule has 3 rings (SSSR count). The van der Waals surface area contributed by atoms with E-state index in [1.165, 1.54) is 42.7 Å². The van der Waals surface area contributed by atoms with Crippen molar-refractivity contribution in [1.29, 1.82) is 0 Å². The summed E-state index contributed by atoms with van der Waals surface area (Å²) in [6.07, 6.45) is 7.02. The molecule has 1 aliphatic rings. The van der Waals surface area contributed by atoms with E-state index in [1.807, 2.05) is 11.3 Å². The summed E-state index contributed by atoms with van der Waals surface area (Å²) in [6.45, 7) is 2.36. The summed E-state index contributed by atoms with van der Waals surface area (Å²) in [6, 6.07) is 10.5. The summed E-state index contributed by atoms with van der Waals surface area (Å²) in [5, 5.41) is 3.54. The molecule has 1 fully saturated rings. The number of rotatable bonds is 3. The Morgan fingerprint density at radius 3 is 2.58 bits per heavy atom. The van der Waals surface area contributed by atoms with Gasteiger partial charge in [0.25, 0.3) is 0 Å². The summed E-state index contributed by atoms with van der Waals surface area (Å²) in [5.41, 5.74) is 2.38. The maximum absolute atomic E-state index is 4.87. The smallest absolute Gasteiger partial charge is 0.0963 e. The molecule has 1 aliphatic carbocycles. The van der Waals surface area contributed by atoms with Crippen molar-refractivity contribution in [3.05, 3.63) is 40.7 Å². The molecule has 2 aromatic rings. The van der Waals surface area contributed by atoms with Gasteiger partial charge < -0.3 is 0 Å². The Morgan fingerprint density at radius 1 is 1.11 bits per heavy atom. The number of hydrogen-bond acceptors (Lipinski definition) is 2. The highest BCUT2D eigenvalue weighted by Gasteiger charge is 2.23. The highest BCUT2D eigenvalue weighted by Crippen LogP contribution is 2.37. The lowest BCUT2D eigenvalue weighted by molar-refractivity contribution is 0.315. The first-order chi connectivity index (χ1) is 9.34. The van der Waals surface area contributed by atoms with Gasteiger partial charge in [0.15, 0.2) is 0 Å². The summed E-state index contributed by atoms with van der Waals surface area (Å²) in [7, 11) is 0. The molecule has 2 heteroatoms. The average Bonchev–Trinajstić information content (AvgIpc) is 2.98. The van der Waals surface area contributed by atoms with Crippen LogP contribution in [-0.2, 0) is 0 Å². The molecule has 0 radical (unpaired) electrons. The van der Waals surface area contributed by atoms with Crippen LogP contribution in [0.2, 0.25) is 0 Å². The van der Waals surface area contributed by atoms with Crippen molar-refractivity contribution in [2.45, 2.75) is 44.9 Å². The van der Waals surface area contributed by atoms with E-state index in [2.05, 4.69) is 42.6 Å². The Morgan fingerprint density at radius 2 is 1.84 bits per heavy atom. The lowest BCUT2D eigenvalue weighted by Crippen LogP contribution is -2.13. The van der Waals surface area contributed by atoms with Gasteiger partial charge in [0.2, 0.25) is 0 Å². The first-order valence-corrected chi connectivity index (χ1v) is 8.23. The van der Waals surface area contributed by atoms with Gasteiger partial charge in [0.05, 0.1) is 10.7 Å². The number of hydrogen-bond donors (Lipinski definition) is 0. The minimum absolute atomic E-state index is 0.628. The summed E-state index contributed by atoms with van der Waals surface area (Å²) >= 11 is 1.84. The predicted molar refractivity (Wildman–Crippen MR) is 82.5 cm³/mol. The monoisotopic (exact) mass is 271 g/mol. The van der Waals surface area contributed by atoms with Gasteiger partial charge in [-0.05, 0) is 18.8 Å². The van der Waals surface area contributed by atoms with Crippen LogP contribution in [0.4, 0.5) is 0 Å². The Balaban J connectivity index is 1.77. The second kappa shape index (κ2) is 5.87.